The van der Waals surface area contributed by atoms with Crippen LogP contribution in [0.5, 0.6) is 0 Å². The van der Waals surface area contributed by atoms with E-state index in [4.69, 9.17) is 34.8 Å². The molecule has 3 rings (SSSR count). The van der Waals surface area contributed by atoms with Crippen LogP contribution in [0.3, 0.4) is 0 Å². The lowest BCUT2D eigenvalue weighted by atomic mass is 10.2. The maximum atomic E-state index is 12.9. The van der Waals surface area contributed by atoms with Crippen molar-refractivity contribution in [2.75, 3.05) is 5.32 Å². The number of benzene rings is 1. The molecule has 0 saturated carbocycles. The van der Waals surface area contributed by atoms with Crippen molar-refractivity contribution in [2.45, 2.75) is 39.5 Å². The summed E-state index contributed by atoms with van der Waals surface area (Å²) in [7, 11) is 0. The molecule has 2 heterocycles. The highest BCUT2D eigenvalue weighted by molar-refractivity contribution is 6.42. The monoisotopic (exact) mass is 493 g/mol. The van der Waals surface area contributed by atoms with Crippen LogP contribution in [0.4, 0.5) is 19.0 Å². The van der Waals surface area contributed by atoms with Crippen LogP contribution in [0, 0.1) is 13.8 Å². The summed E-state index contributed by atoms with van der Waals surface area (Å²) in [6, 6.07) is 6.93. The molecular weight excluding hydrogens is 478 g/mol. The first kappa shape index (κ1) is 23.4. The minimum Gasteiger partial charge on any atom is -0.309 e. The van der Waals surface area contributed by atoms with Gasteiger partial charge in [0.05, 0.1) is 33.9 Å². The zero-order valence-corrected chi connectivity index (χ0v) is 18.7. The van der Waals surface area contributed by atoms with Crippen LogP contribution in [0.2, 0.25) is 15.1 Å². The maximum Gasteiger partial charge on any atom is 0.436 e. The van der Waals surface area contributed by atoms with Crippen molar-refractivity contribution in [3.05, 3.63) is 62.0 Å². The molecule has 0 radical (unpaired) electrons. The number of carbonyl (C=O) groups excluding carboxylic acids is 1. The Bertz CT molecular complexity index is 1120. The molecule has 1 N–H and O–H groups in total. The van der Waals surface area contributed by atoms with Crippen LogP contribution in [-0.2, 0) is 24.1 Å². The zero-order valence-electron chi connectivity index (χ0n) is 16.4. The largest absolute Gasteiger partial charge is 0.436 e. The van der Waals surface area contributed by atoms with Crippen molar-refractivity contribution in [3.63, 3.8) is 0 Å². The van der Waals surface area contributed by atoms with Gasteiger partial charge in [-0.15, -0.1) is 0 Å². The van der Waals surface area contributed by atoms with Gasteiger partial charge < -0.3 is 5.32 Å². The molecule has 0 aliphatic carbocycles. The molecular formula is C19H17Cl3F3N5O. The van der Waals surface area contributed by atoms with Gasteiger partial charge in [-0.3, -0.25) is 14.2 Å². The maximum absolute atomic E-state index is 12.9. The second-order valence-corrected chi connectivity index (χ2v) is 8.04. The Morgan fingerprint density at radius 1 is 1.06 bits per heavy atom. The molecule has 2 aromatic heterocycles. The molecule has 3 aromatic rings. The number of amides is 1. The number of hydrogen-bond acceptors (Lipinski definition) is 3. The van der Waals surface area contributed by atoms with Crippen molar-refractivity contribution < 1.29 is 18.0 Å². The molecule has 0 aliphatic rings. The molecule has 0 fully saturated rings. The topological polar surface area (TPSA) is 64.7 Å². The highest BCUT2D eigenvalue weighted by Crippen LogP contribution is 2.35. The van der Waals surface area contributed by atoms with E-state index in [-0.39, 0.29) is 18.7 Å². The van der Waals surface area contributed by atoms with E-state index in [0.717, 1.165) is 15.9 Å². The Labute approximate surface area is 190 Å². The molecule has 31 heavy (non-hydrogen) atoms. The fourth-order valence-electron chi connectivity index (χ4n) is 2.88. The average Bonchev–Trinajstić information content (AvgIpc) is 3.16. The lowest BCUT2D eigenvalue weighted by molar-refractivity contribution is -0.141. The van der Waals surface area contributed by atoms with Crippen LogP contribution in [0.1, 0.15) is 29.1 Å². The summed E-state index contributed by atoms with van der Waals surface area (Å²) in [6.45, 7) is 3.60. The Morgan fingerprint density at radius 3 is 2.39 bits per heavy atom. The van der Waals surface area contributed by atoms with Crippen molar-refractivity contribution in [1.29, 1.82) is 0 Å². The van der Waals surface area contributed by atoms with Crippen LogP contribution >= 0.6 is 34.8 Å². The number of hydrogen-bond donors (Lipinski definition) is 1. The van der Waals surface area contributed by atoms with E-state index < -0.39 is 22.8 Å². The predicted octanol–water partition coefficient (Wildman–Crippen LogP) is 5.75. The Balaban J connectivity index is 1.63. The van der Waals surface area contributed by atoms with Crippen molar-refractivity contribution in [1.82, 2.24) is 19.6 Å². The summed E-state index contributed by atoms with van der Waals surface area (Å²) in [4.78, 5) is 12.3. The summed E-state index contributed by atoms with van der Waals surface area (Å²) in [5.74, 6) is -0.0903. The molecule has 0 aliphatic heterocycles. The lowest BCUT2D eigenvalue weighted by Gasteiger charge is -2.06. The van der Waals surface area contributed by atoms with Gasteiger partial charge in [-0.1, -0.05) is 40.9 Å². The third-order valence-corrected chi connectivity index (χ3v) is 5.71. The summed E-state index contributed by atoms with van der Waals surface area (Å²) >= 11 is 17.7. The number of halogens is 6. The first-order chi connectivity index (χ1) is 14.5. The number of aryl methyl sites for hydroxylation is 2. The Kier molecular flexibility index (Phi) is 6.88. The number of rotatable bonds is 6. The third kappa shape index (κ3) is 5.53. The molecule has 0 atom stereocenters. The van der Waals surface area contributed by atoms with Gasteiger partial charge in [0.25, 0.3) is 0 Å². The summed E-state index contributed by atoms with van der Waals surface area (Å²) in [5.41, 5.74) is 0.656. The highest BCUT2D eigenvalue weighted by atomic mass is 35.5. The van der Waals surface area contributed by atoms with E-state index in [1.807, 2.05) is 13.0 Å². The SMILES string of the molecule is Cc1cc(NC(=O)CCn2nc(C(F)(F)F)c(Cl)c2C)nn1Cc1ccc(Cl)c(Cl)c1. The summed E-state index contributed by atoms with van der Waals surface area (Å²) in [5, 5.41) is 10.9. The normalized spacial score (nSPS) is 11.7. The second-order valence-electron chi connectivity index (χ2n) is 6.84. The lowest BCUT2D eigenvalue weighted by Crippen LogP contribution is -2.16. The van der Waals surface area contributed by atoms with Crippen molar-refractivity contribution in [2.24, 2.45) is 0 Å². The smallest absolute Gasteiger partial charge is 0.309 e. The molecule has 1 aromatic carbocycles. The van der Waals surface area contributed by atoms with E-state index in [1.165, 1.54) is 6.92 Å². The molecule has 12 heteroatoms. The van der Waals surface area contributed by atoms with Gasteiger partial charge in [0.15, 0.2) is 11.5 Å². The number of alkyl halides is 3. The quantitative estimate of drug-likeness (QED) is 0.474. The number of nitrogens with one attached hydrogen (secondary N) is 1. The van der Waals surface area contributed by atoms with Gasteiger partial charge in [0.1, 0.15) is 0 Å². The van der Waals surface area contributed by atoms with E-state index in [2.05, 4.69) is 15.5 Å². The fraction of sp³-hybridized carbons (Fsp3) is 0.316. The number of nitrogens with zero attached hydrogens (tertiary/aromatic N) is 4. The Hall–Kier alpha value is -2.23. The Morgan fingerprint density at radius 2 is 1.77 bits per heavy atom. The number of anilines is 1. The van der Waals surface area contributed by atoms with Crippen molar-refractivity contribution >= 4 is 46.5 Å². The standard InChI is InChI=1S/C19H17Cl3F3N5O/c1-10-7-15(27-30(10)9-12-3-4-13(20)14(21)8-12)26-16(31)5-6-29-11(2)17(22)18(28-29)19(23,24)25/h3-4,7-8H,5-6,9H2,1-2H3,(H,26,27,31). The summed E-state index contributed by atoms with van der Waals surface area (Å²) in [6.07, 6.45) is -4.76. The minimum atomic E-state index is -4.66. The van der Waals surface area contributed by atoms with E-state index >= 15 is 0 Å². The molecule has 0 spiro atoms. The van der Waals surface area contributed by atoms with Crippen LogP contribution in [0.15, 0.2) is 24.3 Å². The molecule has 1 amide bonds. The van der Waals surface area contributed by atoms with Crippen molar-refractivity contribution in [3.8, 4) is 0 Å². The van der Waals surface area contributed by atoms with Crippen LogP contribution < -0.4 is 5.32 Å². The molecule has 166 valence electrons. The van der Waals surface area contributed by atoms with E-state index in [9.17, 15) is 18.0 Å². The number of aromatic nitrogens is 4. The molecule has 6 nitrogen and oxygen atoms in total. The van der Waals surface area contributed by atoms with Gasteiger partial charge in [-0.05, 0) is 31.5 Å². The van der Waals surface area contributed by atoms with Gasteiger partial charge in [0.2, 0.25) is 5.91 Å². The second kappa shape index (κ2) is 9.10. The number of carbonyl (C=O) groups is 1. The van der Waals surface area contributed by atoms with Crippen LogP contribution in [-0.4, -0.2) is 25.5 Å². The molecule has 0 bridgehead atoms. The van der Waals surface area contributed by atoms with Gasteiger partial charge in [-0.25, -0.2) is 0 Å². The van der Waals surface area contributed by atoms with E-state index in [0.29, 0.717) is 22.4 Å². The highest BCUT2D eigenvalue weighted by Gasteiger charge is 2.38. The van der Waals surface area contributed by atoms with E-state index in [1.54, 1.807) is 22.9 Å². The zero-order chi connectivity index (χ0) is 22.9. The molecule has 0 saturated heterocycles. The van der Waals surface area contributed by atoms with Gasteiger partial charge >= 0.3 is 6.18 Å². The van der Waals surface area contributed by atoms with Gasteiger partial charge in [-0.2, -0.15) is 23.4 Å². The predicted molar refractivity (Wildman–Crippen MR) is 113 cm³/mol. The molecule has 0 unspecified atom stereocenters. The third-order valence-electron chi connectivity index (χ3n) is 4.52. The first-order valence-electron chi connectivity index (χ1n) is 9.04. The van der Waals surface area contributed by atoms with Crippen LogP contribution in [0.25, 0.3) is 0 Å². The summed E-state index contributed by atoms with van der Waals surface area (Å²) < 4.78 is 41.5. The van der Waals surface area contributed by atoms with Gasteiger partial charge in [0, 0.05) is 18.2 Å². The first-order valence-corrected chi connectivity index (χ1v) is 10.2. The minimum absolute atomic E-state index is 0.0591. The average molecular weight is 495 g/mol. The fourth-order valence-corrected chi connectivity index (χ4v) is 3.44.